The van der Waals surface area contributed by atoms with Crippen LogP contribution < -0.4 is 0 Å². The second kappa shape index (κ2) is 4.17. The Morgan fingerprint density at radius 2 is 1.20 bits per heavy atom. The summed E-state index contributed by atoms with van der Waals surface area (Å²) < 4.78 is 0. The molecule has 0 saturated heterocycles. The summed E-state index contributed by atoms with van der Waals surface area (Å²) >= 11 is 0. The fourth-order valence-electron chi connectivity index (χ4n) is 3.08. The first-order valence-electron chi connectivity index (χ1n) is 6.74. The highest BCUT2D eigenvalue weighted by Crippen LogP contribution is 2.45. The van der Waals surface area contributed by atoms with Gasteiger partial charge in [0.15, 0.2) is 0 Å². The summed E-state index contributed by atoms with van der Waals surface area (Å²) in [5.41, 5.74) is 3.61. The maximum absolute atomic E-state index is 10.4. The molecule has 1 aliphatic rings. The van der Waals surface area contributed by atoms with Crippen LogP contribution in [-0.2, 0) is 0 Å². The SMILES string of the molecule is O[C@@H]1c2ccccc2-c2cc3ccccc3cc2[C@H]1O. The zero-order valence-corrected chi connectivity index (χ0v) is 10.8. The van der Waals surface area contributed by atoms with Gasteiger partial charge < -0.3 is 10.2 Å². The third kappa shape index (κ3) is 1.52. The fourth-order valence-corrected chi connectivity index (χ4v) is 3.08. The minimum Gasteiger partial charge on any atom is -0.385 e. The number of aliphatic hydroxyl groups is 2. The van der Waals surface area contributed by atoms with Crippen LogP contribution in [0.1, 0.15) is 23.3 Å². The second-order valence-corrected chi connectivity index (χ2v) is 5.26. The zero-order valence-electron chi connectivity index (χ0n) is 10.8. The molecule has 0 heterocycles. The molecule has 4 rings (SSSR count). The maximum atomic E-state index is 10.4. The number of benzene rings is 3. The van der Waals surface area contributed by atoms with Crippen LogP contribution in [0.25, 0.3) is 21.9 Å². The van der Waals surface area contributed by atoms with Gasteiger partial charge in [-0.05, 0) is 45.2 Å². The minimum absolute atomic E-state index is 0.794. The van der Waals surface area contributed by atoms with Gasteiger partial charge in [0.25, 0.3) is 0 Å². The lowest BCUT2D eigenvalue weighted by atomic mass is 9.81. The van der Waals surface area contributed by atoms with Crippen molar-refractivity contribution in [1.29, 1.82) is 0 Å². The van der Waals surface area contributed by atoms with Crippen LogP contribution >= 0.6 is 0 Å². The van der Waals surface area contributed by atoms with E-state index in [1.165, 1.54) is 0 Å². The summed E-state index contributed by atoms with van der Waals surface area (Å²) in [7, 11) is 0. The summed E-state index contributed by atoms with van der Waals surface area (Å²) in [6.45, 7) is 0. The van der Waals surface area contributed by atoms with Crippen molar-refractivity contribution in [3.63, 3.8) is 0 Å². The first-order chi connectivity index (χ1) is 9.75. The van der Waals surface area contributed by atoms with Crippen molar-refractivity contribution in [2.45, 2.75) is 12.2 Å². The molecule has 0 aliphatic heterocycles. The van der Waals surface area contributed by atoms with E-state index in [0.29, 0.717) is 0 Å². The highest BCUT2D eigenvalue weighted by atomic mass is 16.3. The highest BCUT2D eigenvalue weighted by molar-refractivity contribution is 5.90. The van der Waals surface area contributed by atoms with Gasteiger partial charge in [-0.25, -0.2) is 0 Å². The molecule has 0 unspecified atom stereocenters. The summed E-state index contributed by atoms with van der Waals surface area (Å²) in [5, 5.41) is 22.9. The molecule has 0 aromatic heterocycles. The molecule has 2 nitrogen and oxygen atoms in total. The molecular formula is C18H14O2. The predicted molar refractivity (Wildman–Crippen MR) is 79.3 cm³/mol. The Bertz CT molecular complexity index is 807. The van der Waals surface area contributed by atoms with Gasteiger partial charge in [-0.1, -0.05) is 48.5 Å². The average Bonchev–Trinajstić information content (AvgIpc) is 2.51. The van der Waals surface area contributed by atoms with Gasteiger partial charge >= 0.3 is 0 Å². The molecule has 2 N–H and O–H groups in total. The standard InChI is InChI=1S/C18H14O2/c19-17-14-8-4-3-7-13(14)15-9-11-5-1-2-6-12(11)10-16(15)18(17)20/h1-10,17-20H/t17-,18-/m1/s1. The van der Waals surface area contributed by atoms with E-state index < -0.39 is 12.2 Å². The van der Waals surface area contributed by atoms with Gasteiger partial charge in [-0.2, -0.15) is 0 Å². The van der Waals surface area contributed by atoms with Gasteiger partial charge in [0.05, 0.1) is 0 Å². The molecule has 0 amide bonds. The van der Waals surface area contributed by atoms with E-state index in [1.807, 2.05) is 48.5 Å². The van der Waals surface area contributed by atoms with Crippen molar-refractivity contribution in [2.24, 2.45) is 0 Å². The summed E-state index contributed by atoms with van der Waals surface area (Å²) in [5.74, 6) is 0. The molecular weight excluding hydrogens is 248 g/mol. The molecule has 2 heteroatoms. The lowest BCUT2D eigenvalue weighted by Gasteiger charge is -2.29. The summed E-state index contributed by atoms with van der Waals surface area (Å²) in [6.07, 6.45) is -1.73. The normalized spacial score (nSPS) is 20.5. The quantitative estimate of drug-likeness (QED) is 0.650. The van der Waals surface area contributed by atoms with E-state index in [9.17, 15) is 10.2 Å². The fraction of sp³-hybridized carbons (Fsp3) is 0.111. The van der Waals surface area contributed by atoms with Gasteiger partial charge in [-0.15, -0.1) is 0 Å². The minimum atomic E-state index is -0.871. The Labute approximate surface area is 116 Å². The molecule has 0 fully saturated rings. The highest BCUT2D eigenvalue weighted by Gasteiger charge is 2.30. The Kier molecular flexibility index (Phi) is 2.43. The first kappa shape index (κ1) is 11.6. The number of fused-ring (bicyclic) bond motifs is 4. The van der Waals surface area contributed by atoms with Gasteiger partial charge in [0, 0.05) is 0 Å². The van der Waals surface area contributed by atoms with Gasteiger partial charge in [0.2, 0.25) is 0 Å². The summed E-state index contributed by atoms with van der Waals surface area (Å²) in [4.78, 5) is 0. The van der Waals surface area contributed by atoms with Crippen LogP contribution in [0.2, 0.25) is 0 Å². The van der Waals surface area contributed by atoms with Gasteiger partial charge in [0.1, 0.15) is 12.2 Å². The van der Waals surface area contributed by atoms with Gasteiger partial charge in [-0.3, -0.25) is 0 Å². The second-order valence-electron chi connectivity index (χ2n) is 5.26. The average molecular weight is 262 g/mol. The third-order valence-electron chi connectivity index (χ3n) is 4.11. The van der Waals surface area contributed by atoms with E-state index in [0.717, 1.165) is 33.0 Å². The Hall–Kier alpha value is -2.16. The summed E-state index contributed by atoms with van der Waals surface area (Å²) in [6, 6.07) is 19.9. The smallest absolute Gasteiger partial charge is 0.110 e. The van der Waals surface area contributed by atoms with E-state index in [1.54, 1.807) is 0 Å². The van der Waals surface area contributed by atoms with E-state index in [-0.39, 0.29) is 0 Å². The largest absolute Gasteiger partial charge is 0.385 e. The van der Waals surface area contributed by atoms with Crippen LogP contribution in [0.4, 0.5) is 0 Å². The van der Waals surface area contributed by atoms with E-state index >= 15 is 0 Å². The predicted octanol–water partition coefficient (Wildman–Crippen LogP) is 3.59. The molecule has 0 saturated carbocycles. The molecule has 98 valence electrons. The monoisotopic (exact) mass is 262 g/mol. The zero-order chi connectivity index (χ0) is 13.7. The number of rotatable bonds is 0. The van der Waals surface area contributed by atoms with Crippen molar-refractivity contribution in [2.75, 3.05) is 0 Å². The third-order valence-corrected chi connectivity index (χ3v) is 4.11. The van der Waals surface area contributed by atoms with Crippen LogP contribution in [0.15, 0.2) is 60.7 Å². The van der Waals surface area contributed by atoms with E-state index in [2.05, 4.69) is 12.1 Å². The Morgan fingerprint density at radius 1 is 0.600 bits per heavy atom. The molecule has 2 atom stereocenters. The molecule has 0 bridgehead atoms. The van der Waals surface area contributed by atoms with Crippen molar-refractivity contribution in [3.05, 3.63) is 71.8 Å². The molecule has 3 aromatic carbocycles. The lowest BCUT2D eigenvalue weighted by molar-refractivity contribution is 0.0159. The van der Waals surface area contributed by atoms with Crippen molar-refractivity contribution < 1.29 is 10.2 Å². The number of hydrogen-bond acceptors (Lipinski definition) is 2. The number of aliphatic hydroxyl groups excluding tert-OH is 2. The molecule has 0 radical (unpaired) electrons. The molecule has 1 aliphatic carbocycles. The van der Waals surface area contributed by atoms with Crippen LogP contribution in [0.3, 0.4) is 0 Å². The van der Waals surface area contributed by atoms with Crippen LogP contribution in [0, 0.1) is 0 Å². The van der Waals surface area contributed by atoms with Crippen LogP contribution in [-0.4, -0.2) is 10.2 Å². The molecule has 3 aromatic rings. The topological polar surface area (TPSA) is 40.5 Å². The first-order valence-corrected chi connectivity index (χ1v) is 6.74. The Morgan fingerprint density at radius 3 is 2.00 bits per heavy atom. The Balaban J connectivity index is 2.09. The van der Waals surface area contributed by atoms with Crippen molar-refractivity contribution in [1.82, 2.24) is 0 Å². The molecule has 0 spiro atoms. The number of hydrogen-bond donors (Lipinski definition) is 2. The van der Waals surface area contributed by atoms with E-state index in [4.69, 9.17) is 0 Å². The maximum Gasteiger partial charge on any atom is 0.110 e. The molecule has 20 heavy (non-hydrogen) atoms. The van der Waals surface area contributed by atoms with Crippen molar-refractivity contribution >= 4 is 10.8 Å². The van der Waals surface area contributed by atoms with Crippen molar-refractivity contribution in [3.8, 4) is 11.1 Å². The lowest BCUT2D eigenvalue weighted by Crippen LogP contribution is -2.17. The van der Waals surface area contributed by atoms with Crippen LogP contribution in [0.5, 0.6) is 0 Å².